The highest BCUT2D eigenvalue weighted by Gasteiger charge is 2.61. The fraction of sp³-hybridized carbons (Fsp3) is 0.435. The first-order valence-corrected chi connectivity index (χ1v) is 10.2. The molecule has 0 radical (unpaired) electrons. The molecule has 0 amide bonds. The van der Waals surface area contributed by atoms with Crippen molar-refractivity contribution in [3.63, 3.8) is 0 Å². The molecule has 0 aromatic heterocycles. The molecule has 0 N–H and O–H groups in total. The molecule has 4 aliphatic rings. The Kier molecular flexibility index (Phi) is 4.40. The maximum atomic E-state index is 13.1. The van der Waals surface area contributed by atoms with E-state index in [1.54, 1.807) is 12.1 Å². The van der Waals surface area contributed by atoms with Crippen LogP contribution in [0.5, 0.6) is 0 Å². The molecule has 3 saturated carbocycles. The van der Waals surface area contributed by atoms with Gasteiger partial charge in [-0.3, -0.25) is 4.99 Å². The van der Waals surface area contributed by atoms with Crippen LogP contribution in [-0.4, -0.2) is 25.0 Å². The van der Waals surface area contributed by atoms with E-state index in [0.717, 1.165) is 28.9 Å². The summed E-state index contributed by atoms with van der Waals surface area (Å²) in [7, 11) is -0.335. The van der Waals surface area contributed by atoms with Crippen LogP contribution in [0.4, 0.5) is 4.39 Å². The van der Waals surface area contributed by atoms with Crippen molar-refractivity contribution in [2.24, 2.45) is 16.8 Å². The Labute approximate surface area is 166 Å². The van der Waals surface area contributed by atoms with E-state index < -0.39 is 0 Å². The first-order valence-electron chi connectivity index (χ1n) is 10.2. The second-order valence-electron chi connectivity index (χ2n) is 8.66. The van der Waals surface area contributed by atoms with Gasteiger partial charge in [-0.1, -0.05) is 36.4 Å². The zero-order valence-electron chi connectivity index (χ0n) is 16.3. The lowest BCUT2D eigenvalue weighted by Gasteiger charge is -2.53. The number of nitrogens with zero attached hydrogens (tertiary/aromatic N) is 1. The van der Waals surface area contributed by atoms with E-state index in [0.29, 0.717) is 5.92 Å². The molecule has 5 heteroatoms. The number of benzene rings is 2. The Morgan fingerprint density at radius 1 is 1.14 bits per heavy atom. The minimum absolute atomic E-state index is 0.0496. The Balaban J connectivity index is 1.37. The molecule has 6 rings (SSSR count). The fourth-order valence-corrected chi connectivity index (χ4v) is 4.97. The third-order valence-corrected chi connectivity index (χ3v) is 6.92. The molecular formula is C23H25BFNO2. The van der Waals surface area contributed by atoms with Crippen LogP contribution in [0.1, 0.15) is 50.3 Å². The van der Waals surface area contributed by atoms with E-state index in [1.807, 2.05) is 31.3 Å². The van der Waals surface area contributed by atoms with Crippen molar-refractivity contribution >= 4 is 18.8 Å². The summed E-state index contributed by atoms with van der Waals surface area (Å²) in [6, 6.07) is 14.6. The average Bonchev–Trinajstić information content (AvgIpc) is 3.03. The first kappa shape index (κ1) is 18.1. The molecule has 3 aliphatic carbocycles. The number of aliphatic imine (C=N–C) groups is 1. The molecule has 2 bridgehead atoms. The molecule has 1 aliphatic heterocycles. The van der Waals surface area contributed by atoms with Crippen LogP contribution < -0.4 is 5.46 Å². The summed E-state index contributed by atoms with van der Waals surface area (Å²) < 4.78 is 26.0. The summed E-state index contributed by atoms with van der Waals surface area (Å²) in [6.45, 7) is 4.24. The topological polar surface area (TPSA) is 30.8 Å². The second-order valence-corrected chi connectivity index (χ2v) is 8.66. The second kappa shape index (κ2) is 6.82. The molecular weight excluding hydrogens is 352 g/mol. The Hall–Kier alpha value is -1.98. The van der Waals surface area contributed by atoms with Gasteiger partial charge in [-0.2, -0.15) is 0 Å². The summed E-state index contributed by atoms with van der Waals surface area (Å²) >= 11 is 0. The third kappa shape index (κ3) is 3.01. The monoisotopic (exact) mass is 377 g/mol. The summed E-state index contributed by atoms with van der Waals surface area (Å²) in [4.78, 5) is 4.70. The Morgan fingerprint density at radius 3 is 2.64 bits per heavy atom. The lowest BCUT2D eigenvalue weighted by atomic mass is 9.57. The van der Waals surface area contributed by atoms with E-state index in [-0.39, 0.29) is 30.7 Å². The number of hydrogen-bond donors (Lipinski definition) is 0. The molecule has 144 valence electrons. The Morgan fingerprint density at radius 2 is 1.89 bits per heavy atom. The van der Waals surface area contributed by atoms with Crippen molar-refractivity contribution in [3.05, 3.63) is 65.5 Å². The van der Waals surface area contributed by atoms with Gasteiger partial charge in [0.25, 0.3) is 0 Å². The lowest BCUT2D eigenvalue weighted by Crippen LogP contribution is -2.56. The summed E-state index contributed by atoms with van der Waals surface area (Å²) in [6.07, 6.45) is 5.75. The van der Waals surface area contributed by atoms with Crippen molar-refractivity contribution in [3.8, 4) is 0 Å². The quantitative estimate of drug-likeness (QED) is 0.588. The number of hydrogen-bond acceptors (Lipinski definition) is 3. The maximum absolute atomic E-state index is 13.1. The standard InChI is InChI=1S/C23H25BFNO2/c1-15(17-7-9-20(25)10-8-17)26-14-18-5-3-4-6-21(18)24-27-22-13-16-11-19(12-16)23(22,2)28-24/h3-10,14-16,19,22H,11-13H2,1-2H3/t15?,16?,19?,22-,23+/m0/s1. The van der Waals surface area contributed by atoms with E-state index in [1.165, 1.54) is 25.0 Å². The largest absolute Gasteiger partial charge is 0.495 e. The predicted molar refractivity (Wildman–Crippen MR) is 109 cm³/mol. The van der Waals surface area contributed by atoms with Crippen LogP contribution in [0.25, 0.3) is 0 Å². The minimum Gasteiger partial charge on any atom is -0.401 e. The Bertz CT molecular complexity index is 896. The molecule has 2 aromatic carbocycles. The molecule has 2 aromatic rings. The number of halogens is 1. The molecule has 1 heterocycles. The van der Waals surface area contributed by atoms with Crippen LogP contribution in [0.3, 0.4) is 0 Å². The van der Waals surface area contributed by atoms with Crippen LogP contribution in [0.2, 0.25) is 0 Å². The highest BCUT2D eigenvalue weighted by molar-refractivity contribution is 6.63. The smallest absolute Gasteiger partial charge is 0.401 e. The fourth-order valence-electron chi connectivity index (χ4n) is 4.97. The van der Waals surface area contributed by atoms with Crippen LogP contribution in [0.15, 0.2) is 53.5 Å². The van der Waals surface area contributed by atoms with Crippen LogP contribution in [-0.2, 0) is 9.31 Å². The summed E-state index contributed by atoms with van der Waals surface area (Å²) in [5.74, 6) is 1.22. The minimum atomic E-state index is -0.335. The third-order valence-electron chi connectivity index (χ3n) is 6.92. The molecule has 3 nitrogen and oxygen atoms in total. The van der Waals surface area contributed by atoms with Gasteiger partial charge < -0.3 is 9.31 Å². The number of rotatable bonds is 4. The van der Waals surface area contributed by atoms with Crippen molar-refractivity contribution in [2.75, 3.05) is 0 Å². The van der Waals surface area contributed by atoms with Gasteiger partial charge in [0.05, 0.1) is 17.7 Å². The van der Waals surface area contributed by atoms with Gasteiger partial charge in [0, 0.05) is 6.21 Å². The lowest BCUT2D eigenvalue weighted by molar-refractivity contribution is -0.113. The van der Waals surface area contributed by atoms with Crippen LogP contribution in [0, 0.1) is 17.7 Å². The molecule has 1 saturated heterocycles. The van der Waals surface area contributed by atoms with Gasteiger partial charge in [0.15, 0.2) is 0 Å². The van der Waals surface area contributed by atoms with Gasteiger partial charge in [-0.15, -0.1) is 0 Å². The van der Waals surface area contributed by atoms with E-state index in [2.05, 4.69) is 13.0 Å². The highest BCUT2D eigenvalue weighted by Crippen LogP contribution is 2.56. The average molecular weight is 377 g/mol. The van der Waals surface area contributed by atoms with Crippen molar-refractivity contribution in [1.29, 1.82) is 0 Å². The first-order chi connectivity index (χ1) is 13.5. The molecule has 28 heavy (non-hydrogen) atoms. The van der Waals surface area contributed by atoms with Crippen LogP contribution >= 0.6 is 0 Å². The zero-order chi connectivity index (χ0) is 19.3. The predicted octanol–water partition coefficient (Wildman–Crippen LogP) is 4.31. The van der Waals surface area contributed by atoms with Gasteiger partial charge in [-0.25, -0.2) is 4.39 Å². The zero-order valence-corrected chi connectivity index (χ0v) is 16.3. The van der Waals surface area contributed by atoms with Gasteiger partial charge >= 0.3 is 7.12 Å². The van der Waals surface area contributed by atoms with Gasteiger partial charge in [0.1, 0.15) is 5.82 Å². The van der Waals surface area contributed by atoms with Crippen molar-refractivity contribution < 1.29 is 13.7 Å². The summed E-state index contributed by atoms with van der Waals surface area (Å²) in [5, 5.41) is 0. The van der Waals surface area contributed by atoms with Crippen molar-refractivity contribution in [1.82, 2.24) is 0 Å². The summed E-state index contributed by atoms with van der Waals surface area (Å²) in [5.41, 5.74) is 2.87. The molecule has 0 spiro atoms. The van der Waals surface area contributed by atoms with E-state index in [9.17, 15) is 4.39 Å². The molecule has 1 unspecified atom stereocenters. The SMILES string of the molecule is CC(N=Cc1ccccc1B1O[C@H]2CC3CC(C3)[C@@]2(C)O1)c1ccc(F)cc1. The van der Waals surface area contributed by atoms with Crippen molar-refractivity contribution in [2.45, 2.75) is 50.9 Å². The normalized spacial score (nSPS) is 32.2. The molecule has 3 atom stereocenters. The maximum Gasteiger partial charge on any atom is 0.495 e. The van der Waals surface area contributed by atoms with Gasteiger partial charge in [-0.05, 0) is 73.7 Å². The van der Waals surface area contributed by atoms with E-state index in [4.69, 9.17) is 14.3 Å². The van der Waals surface area contributed by atoms with E-state index >= 15 is 0 Å². The highest BCUT2D eigenvalue weighted by atomic mass is 19.1. The van der Waals surface area contributed by atoms with Gasteiger partial charge in [0.2, 0.25) is 0 Å². The molecule has 4 fully saturated rings.